The van der Waals surface area contributed by atoms with Crippen molar-refractivity contribution in [2.45, 2.75) is 19.9 Å². The van der Waals surface area contributed by atoms with E-state index in [1.54, 1.807) is 6.92 Å². The van der Waals surface area contributed by atoms with Crippen LogP contribution in [-0.4, -0.2) is 17.9 Å². The van der Waals surface area contributed by atoms with Gasteiger partial charge in [0.2, 0.25) is 5.90 Å². The molecule has 2 rings (SSSR count). The predicted molar refractivity (Wildman–Crippen MR) is 53.3 cm³/mol. The molecule has 0 aromatic heterocycles. The number of hydrogen-bond acceptors (Lipinski definition) is 3. The molecule has 1 atom stereocenters. The number of nitrogens with zero attached hydrogens (tertiary/aromatic N) is 1. The van der Waals surface area contributed by atoms with E-state index in [1.807, 2.05) is 31.2 Å². The lowest BCUT2D eigenvalue weighted by molar-refractivity contribution is -0.134. The van der Waals surface area contributed by atoms with Crippen LogP contribution in [0.4, 0.5) is 0 Å². The minimum Gasteiger partial charge on any atom is -0.406 e. The summed E-state index contributed by atoms with van der Waals surface area (Å²) in [6, 6.07) is 7.35. The molecule has 1 aromatic carbocycles. The largest absolute Gasteiger partial charge is 0.406 e. The van der Waals surface area contributed by atoms with Crippen molar-refractivity contribution in [3.8, 4) is 0 Å². The van der Waals surface area contributed by atoms with Gasteiger partial charge in [-0.3, -0.25) is 0 Å². The molecule has 0 aliphatic carbocycles. The average molecular weight is 189 g/mol. The lowest BCUT2D eigenvalue weighted by atomic mass is 10.1. The molecule has 0 saturated carbocycles. The fourth-order valence-corrected chi connectivity index (χ4v) is 1.37. The molecule has 0 amide bonds. The maximum atomic E-state index is 11.1. The summed E-state index contributed by atoms with van der Waals surface area (Å²) in [5.41, 5.74) is 1.96. The topological polar surface area (TPSA) is 38.7 Å². The summed E-state index contributed by atoms with van der Waals surface area (Å²) in [7, 11) is 0. The molecule has 1 unspecified atom stereocenters. The Bertz CT molecular complexity index is 410. The van der Waals surface area contributed by atoms with Crippen LogP contribution in [0.3, 0.4) is 0 Å². The first-order valence-electron chi connectivity index (χ1n) is 4.54. The lowest BCUT2D eigenvalue weighted by Gasteiger charge is -2.02. The van der Waals surface area contributed by atoms with Crippen LogP contribution >= 0.6 is 0 Å². The summed E-state index contributed by atoms with van der Waals surface area (Å²) < 4.78 is 5.05. The Morgan fingerprint density at radius 3 is 2.64 bits per heavy atom. The zero-order chi connectivity index (χ0) is 10.1. The van der Waals surface area contributed by atoms with Gasteiger partial charge in [-0.25, -0.2) is 9.79 Å². The molecule has 1 aliphatic heterocycles. The number of aliphatic imine (C=N–C) groups is 1. The van der Waals surface area contributed by atoms with E-state index in [0.717, 1.165) is 11.1 Å². The molecule has 0 saturated heterocycles. The summed E-state index contributed by atoms with van der Waals surface area (Å²) in [6.07, 6.45) is 0. The van der Waals surface area contributed by atoms with Crippen LogP contribution in [0, 0.1) is 6.92 Å². The first-order chi connectivity index (χ1) is 6.68. The maximum Gasteiger partial charge on any atom is 0.337 e. The van der Waals surface area contributed by atoms with Gasteiger partial charge in [-0.05, 0) is 25.5 Å². The molecule has 3 heteroatoms. The Morgan fingerprint density at radius 1 is 1.36 bits per heavy atom. The van der Waals surface area contributed by atoms with E-state index in [0.29, 0.717) is 5.90 Å². The molecule has 1 heterocycles. The van der Waals surface area contributed by atoms with Crippen LogP contribution in [0.2, 0.25) is 0 Å². The van der Waals surface area contributed by atoms with E-state index in [9.17, 15) is 4.79 Å². The van der Waals surface area contributed by atoms with Crippen LogP contribution in [0.15, 0.2) is 29.3 Å². The lowest BCUT2D eigenvalue weighted by Crippen LogP contribution is -2.11. The molecule has 0 N–H and O–H groups in total. The standard InChI is InChI=1S/C11H11NO2/c1-7-5-3-4-6-9(7)10-12-8(2)11(13)14-10/h3-6,8H,1-2H3. The predicted octanol–water partition coefficient (Wildman–Crippen LogP) is 1.69. The third-order valence-electron chi connectivity index (χ3n) is 2.22. The molecule has 0 radical (unpaired) electrons. The fourth-order valence-electron chi connectivity index (χ4n) is 1.37. The number of carbonyl (C=O) groups is 1. The summed E-state index contributed by atoms with van der Waals surface area (Å²) in [4.78, 5) is 15.3. The smallest absolute Gasteiger partial charge is 0.337 e. The molecule has 0 spiro atoms. The number of carbonyl (C=O) groups excluding carboxylic acids is 1. The van der Waals surface area contributed by atoms with Gasteiger partial charge < -0.3 is 4.74 Å². The van der Waals surface area contributed by atoms with Crippen molar-refractivity contribution in [2.75, 3.05) is 0 Å². The number of aryl methyl sites for hydroxylation is 1. The van der Waals surface area contributed by atoms with Crippen molar-refractivity contribution < 1.29 is 9.53 Å². The van der Waals surface area contributed by atoms with Gasteiger partial charge in [0, 0.05) is 5.56 Å². The first kappa shape index (κ1) is 8.94. The molecular formula is C11H11NO2. The quantitative estimate of drug-likeness (QED) is 0.630. The monoisotopic (exact) mass is 189 g/mol. The Kier molecular flexibility index (Phi) is 2.08. The molecular weight excluding hydrogens is 178 g/mol. The summed E-state index contributed by atoms with van der Waals surface area (Å²) >= 11 is 0. The maximum absolute atomic E-state index is 11.1. The Hall–Kier alpha value is -1.64. The average Bonchev–Trinajstić information content (AvgIpc) is 2.48. The van der Waals surface area contributed by atoms with Crippen molar-refractivity contribution in [3.05, 3.63) is 35.4 Å². The van der Waals surface area contributed by atoms with E-state index in [4.69, 9.17) is 4.74 Å². The summed E-state index contributed by atoms with van der Waals surface area (Å²) in [6.45, 7) is 3.70. The molecule has 0 fully saturated rings. The Balaban J connectivity index is 2.38. The molecule has 3 nitrogen and oxygen atoms in total. The normalized spacial score (nSPS) is 20.6. The first-order valence-corrected chi connectivity index (χ1v) is 4.54. The van der Waals surface area contributed by atoms with E-state index < -0.39 is 0 Å². The van der Waals surface area contributed by atoms with E-state index >= 15 is 0 Å². The third-order valence-corrected chi connectivity index (χ3v) is 2.22. The zero-order valence-electron chi connectivity index (χ0n) is 8.15. The van der Waals surface area contributed by atoms with Crippen LogP contribution in [0.5, 0.6) is 0 Å². The second kappa shape index (κ2) is 3.25. The molecule has 14 heavy (non-hydrogen) atoms. The third kappa shape index (κ3) is 1.41. The van der Waals surface area contributed by atoms with Crippen molar-refractivity contribution in [1.82, 2.24) is 0 Å². The van der Waals surface area contributed by atoms with Gasteiger partial charge in [-0.2, -0.15) is 0 Å². The van der Waals surface area contributed by atoms with Gasteiger partial charge in [-0.15, -0.1) is 0 Å². The van der Waals surface area contributed by atoms with Crippen molar-refractivity contribution in [2.24, 2.45) is 4.99 Å². The van der Waals surface area contributed by atoms with E-state index in [2.05, 4.69) is 4.99 Å². The number of hydrogen-bond donors (Lipinski definition) is 0. The van der Waals surface area contributed by atoms with Gasteiger partial charge in [0.05, 0.1) is 0 Å². The fraction of sp³-hybridized carbons (Fsp3) is 0.273. The number of cyclic esters (lactones) is 1. The zero-order valence-corrected chi connectivity index (χ0v) is 8.15. The molecule has 0 bridgehead atoms. The van der Waals surface area contributed by atoms with Gasteiger partial charge in [0.15, 0.2) is 0 Å². The van der Waals surface area contributed by atoms with Crippen molar-refractivity contribution >= 4 is 11.9 Å². The van der Waals surface area contributed by atoms with Crippen LogP contribution in [0.25, 0.3) is 0 Å². The number of ether oxygens (including phenoxy) is 1. The van der Waals surface area contributed by atoms with Gasteiger partial charge in [-0.1, -0.05) is 18.2 Å². The summed E-state index contributed by atoms with van der Waals surface area (Å²) in [5, 5.41) is 0. The van der Waals surface area contributed by atoms with Gasteiger partial charge >= 0.3 is 5.97 Å². The highest BCUT2D eigenvalue weighted by Gasteiger charge is 2.26. The second-order valence-corrected chi connectivity index (χ2v) is 3.35. The molecule has 1 aliphatic rings. The molecule has 72 valence electrons. The summed E-state index contributed by atoms with van der Waals surface area (Å²) in [5.74, 6) is 0.170. The van der Waals surface area contributed by atoms with Crippen LogP contribution < -0.4 is 0 Å². The highest BCUT2D eigenvalue weighted by Crippen LogP contribution is 2.15. The second-order valence-electron chi connectivity index (χ2n) is 3.35. The number of rotatable bonds is 1. The highest BCUT2D eigenvalue weighted by atomic mass is 16.6. The Labute approximate surface area is 82.4 Å². The molecule has 1 aromatic rings. The Morgan fingerprint density at radius 2 is 2.07 bits per heavy atom. The van der Waals surface area contributed by atoms with Crippen molar-refractivity contribution in [3.63, 3.8) is 0 Å². The van der Waals surface area contributed by atoms with Crippen LogP contribution in [-0.2, 0) is 9.53 Å². The minimum atomic E-state index is -0.371. The van der Waals surface area contributed by atoms with Crippen LogP contribution in [0.1, 0.15) is 18.1 Å². The van der Waals surface area contributed by atoms with E-state index in [1.165, 1.54) is 0 Å². The van der Waals surface area contributed by atoms with E-state index in [-0.39, 0.29) is 12.0 Å². The minimum absolute atomic E-state index is 0.275. The van der Waals surface area contributed by atoms with Gasteiger partial charge in [0.25, 0.3) is 0 Å². The highest BCUT2D eigenvalue weighted by molar-refractivity contribution is 6.06. The number of esters is 1. The van der Waals surface area contributed by atoms with Crippen molar-refractivity contribution in [1.29, 1.82) is 0 Å². The SMILES string of the molecule is Cc1ccccc1C1=NC(C)C(=O)O1. The van der Waals surface area contributed by atoms with Gasteiger partial charge in [0.1, 0.15) is 6.04 Å². The number of benzene rings is 1.